The van der Waals surface area contributed by atoms with Crippen LogP contribution in [0.4, 0.5) is 10.2 Å². The van der Waals surface area contributed by atoms with Gasteiger partial charge in [0.25, 0.3) is 11.8 Å². The average molecular weight is 449 g/mol. The number of carbonyl (C=O) groups excluding carboxylic acids is 2. The number of nitrogen functional groups attached to an aromatic ring is 1. The molecule has 1 aromatic carbocycles. The number of amides is 2. The maximum absolute atomic E-state index is 13.0. The van der Waals surface area contributed by atoms with Gasteiger partial charge in [0.1, 0.15) is 17.5 Å². The van der Waals surface area contributed by atoms with Crippen LogP contribution in [0.25, 0.3) is 0 Å². The van der Waals surface area contributed by atoms with E-state index in [1.165, 1.54) is 24.5 Å². The molecule has 0 saturated carbocycles. The van der Waals surface area contributed by atoms with E-state index < -0.39 is 0 Å². The van der Waals surface area contributed by atoms with Gasteiger partial charge < -0.3 is 16.0 Å². The lowest BCUT2D eigenvalue weighted by Gasteiger charge is -2.32. The number of nitrogens with zero attached hydrogens (tertiary/aromatic N) is 4. The highest BCUT2D eigenvalue weighted by atomic mass is 19.1. The van der Waals surface area contributed by atoms with Crippen molar-refractivity contribution in [2.24, 2.45) is 0 Å². The first kappa shape index (κ1) is 22.3. The lowest BCUT2D eigenvalue weighted by Crippen LogP contribution is -2.39. The molecule has 1 atom stereocenters. The maximum atomic E-state index is 13.0. The Hall–Kier alpha value is -3.88. The van der Waals surface area contributed by atoms with Crippen molar-refractivity contribution >= 4 is 17.6 Å². The highest BCUT2D eigenvalue weighted by Gasteiger charge is 2.28. The molecular weight excluding hydrogens is 423 g/mol. The van der Waals surface area contributed by atoms with Crippen LogP contribution in [-0.4, -0.2) is 44.8 Å². The fraction of sp³-hybridized carbons (Fsp3) is 0.292. The molecule has 8 nitrogen and oxygen atoms in total. The van der Waals surface area contributed by atoms with E-state index in [1.54, 1.807) is 36.1 Å². The number of piperidine rings is 1. The molecule has 3 N–H and O–H groups in total. The number of anilines is 1. The second-order valence-corrected chi connectivity index (χ2v) is 8.10. The van der Waals surface area contributed by atoms with Gasteiger partial charge in [-0.1, -0.05) is 12.1 Å². The van der Waals surface area contributed by atoms with E-state index in [9.17, 15) is 14.0 Å². The van der Waals surface area contributed by atoms with Crippen LogP contribution in [0.3, 0.4) is 0 Å². The highest BCUT2D eigenvalue weighted by molar-refractivity contribution is 5.95. The second kappa shape index (κ2) is 9.72. The van der Waals surface area contributed by atoms with Crippen molar-refractivity contribution < 1.29 is 14.0 Å². The van der Waals surface area contributed by atoms with Crippen molar-refractivity contribution in [1.29, 1.82) is 0 Å². The molecule has 1 aliphatic heterocycles. The summed E-state index contributed by atoms with van der Waals surface area (Å²) < 4.78 is 13.0. The number of hydrogen-bond acceptors (Lipinski definition) is 6. The van der Waals surface area contributed by atoms with Gasteiger partial charge in [0.05, 0.1) is 16.8 Å². The van der Waals surface area contributed by atoms with Crippen molar-refractivity contribution in [3.05, 3.63) is 82.8 Å². The largest absolute Gasteiger partial charge is 0.384 e. The zero-order valence-electron chi connectivity index (χ0n) is 18.3. The smallest absolute Gasteiger partial charge is 0.255 e. The van der Waals surface area contributed by atoms with Gasteiger partial charge in [-0.2, -0.15) is 0 Å². The Bertz CT molecular complexity index is 1150. The average Bonchev–Trinajstić information content (AvgIpc) is 2.83. The molecule has 3 aromatic rings. The number of likely N-dealkylation sites (tertiary alicyclic amines) is 1. The van der Waals surface area contributed by atoms with Crippen LogP contribution in [-0.2, 0) is 6.54 Å². The summed E-state index contributed by atoms with van der Waals surface area (Å²) in [6.07, 6.45) is 4.71. The number of benzene rings is 1. The minimum absolute atomic E-state index is 0.0144. The first-order valence-electron chi connectivity index (χ1n) is 10.8. The number of pyridine rings is 1. The van der Waals surface area contributed by atoms with Gasteiger partial charge in [0.15, 0.2) is 0 Å². The van der Waals surface area contributed by atoms with Gasteiger partial charge in [0, 0.05) is 37.9 Å². The van der Waals surface area contributed by atoms with E-state index in [-0.39, 0.29) is 30.1 Å². The predicted octanol–water partition coefficient (Wildman–Crippen LogP) is 2.85. The van der Waals surface area contributed by atoms with Crippen molar-refractivity contribution in [3.63, 3.8) is 0 Å². The molecule has 170 valence electrons. The Labute approximate surface area is 191 Å². The number of aryl methyl sites for hydroxylation is 1. The van der Waals surface area contributed by atoms with Gasteiger partial charge in [0.2, 0.25) is 0 Å². The van der Waals surface area contributed by atoms with Crippen molar-refractivity contribution in [1.82, 2.24) is 25.2 Å². The molecule has 2 aromatic heterocycles. The van der Waals surface area contributed by atoms with Crippen LogP contribution >= 0.6 is 0 Å². The molecule has 0 spiro atoms. The summed E-state index contributed by atoms with van der Waals surface area (Å²) in [5, 5.41) is 2.81. The third-order valence-corrected chi connectivity index (χ3v) is 5.72. The molecule has 1 fully saturated rings. The molecule has 1 aliphatic rings. The Morgan fingerprint density at radius 2 is 1.94 bits per heavy atom. The number of hydrogen-bond donors (Lipinski definition) is 2. The van der Waals surface area contributed by atoms with Gasteiger partial charge >= 0.3 is 0 Å². The summed E-state index contributed by atoms with van der Waals surface area (Å²) in [5.41, 5.74) is 7.86. The van der Waals surface area contributed by atoms with Gasteiger partial charge in [-0.15, -0.1) is 0 Å². The number of nitrogens with two attached hydrogens (primary N) is 1. The minimum atomic E-state index is -0.321. The molecule has 2 amide bonds. The molecule has 0 aliphatic carbocycles. The molecule has 0 unspecified atom stereocenters. The number of carbonyl (C=O) groups is 2. The van der Waals surface area contributed by atoms with Crippen LogP contribution < -0.4 is 11.1 Å². The van der Waals surface area contributed by atoms with E-state index in [0.29, 0.717) is 41.6 Å². The van der Waals surface area contributed by atoms with E-state index >= 15 is 0 Å². The first-order chi connectivity index (χ1) is 15.9. The fourth-order valence-electron chi connectivity index (χ4n) is 3.87. The van der Waals surface area contributed by atoms with Crippen molar-refractivity contribution in [3.8, 4) is 0 Å². The lowest BCUT2D eigenvalue weighted by molar-refractivity contribution is 0.0704. The van der Waals surface area contributed by atoms with E-state index in [0.717, 1.165) is 18.4 Å². The molecular formula is C24H25FN6O2. The highest BCUT2D eigenvalue weighted by Crippen LogP contribution is 2.26. The van der Waals surface area contributed by atoms with Crippen LogP contribution in [0.15, 0.2) is 48.8 Å². The number of nitrogens with one attached hydrogen (secondary N) is 1. The monoisotopic (exact) mass is 448 g/mol. The summed E-state index contributed by atoms with van der Waals surface area (Å²) in [7, 11) is 0. The predicted molar refractivity (Wildman–Crippen MR) is 121 cm³/mol. The second-order valence-electron chi connectivity index (χ2n) is 8.10. The van der Waals surface area contributed by atoms with E-state index in [1.807, 2.05) is 0 Å². The first-order valence-corrected chi connectivity index (χ1v) is 10.8. The standard InChI is InChI=1S/C24H25FN6O2/c1-15-20(23(32)29-11-16-4-7-19(25)8-5-16)13-28-22(30-15)18-3-2-10-31(14-18)24(33)17-6-9-21(26)27-12-17/h4-9,12-13,18H,2-3,10-11,14H2,1H3,(H2,26,27)(H,29,32)/t18-/m0/s1. The van der Waals surface area contributed by atoms with Crippen LogP contribution in [0.5, 0.6) is 0 Å². The third kappa shape index (κ3) is 5.31. The number of halogens is 1. The minimum Gasteiger partial charge on any atom is -0.384 e. The zero-order valence-corrected chi connectivity index (χ0v) is 18.3. The normalized spacial score (nSPS) is 15.8. The molecule has 0 bridgehead atoms. The molecule has 4 rings (SSSR count). The van der Waals surface area contributed by atoms with Gasteiger partial charge in [-0.25, -0.2) is 19.3 Å². The van der Waals surface area contributed by atoms with Crippen LogP contribution in [0, 0.1) is 12.7 Å². The Morgan fingerprint density at radius 1 is 1.15 bits per heavy atom. The number of aromatic nitrogens is 3. The van der Waals surface area contributed by atoms with Crippen LogP contribution in [0.1, 0.15) is 56.6 Å². The van der Waals surface area contributed by atoms with Crippen LogP contribution in [0.2, 0.25) is 0 Å². The Balaban J connectivity index is 1.41. The van der Waals surface area contributed by atoms with Crippen molar-refractivity contribution in [2.45, 2.75) is 32.2 Å². The molecule has 1 saturated heterocycles. The molecule has 3 heterocycles. The maximum Gasteiger partial charge on any atom is 0.255 e. The third-order valence-electron chi connectivity index (χ3n) is 5.72. The summed E-state index contributed by atoms with van der Waals surface area (Å²) in [6.45, 7) is 3.20. The molecule has 0 radical (unpaired) electrons. The number of rotatable bonds is 5. The lowest BCUT2D eigenvalue weighted by atomic mass is 9.96. The van der Waals surface area contributed by atoms with Gasteiger partial charge in [-0.05, 0) is 49.6 Å². The summed E-state index contributed by atoms with van der Waals surface area (Å²) >= 11 is 0. The van der Waals surface area contributed by atoms with E-state index in [4.69, 9.17) is 5.73 Å². The molecule has 9 heteroatoms. The van der Waals surface area contributed by atoms with Crippen molar-refractivity contribution in [2.75, 3.05) is 18.8 Å². The summed E-state index contributed by atoms with van der Waals surface area (Å²) in [6, 6.07) is 9.24. The topological polar surface area (TPSA) is 114 Å². The SMILES string of the molecule is Cc1nc([C@H]2CCCN(C(=O)c3ccc(N)nc3)C2)ncc1C(=O)NCc1ccc(F)cc1. The summed E-state index contributed by atoms with van der Waals surface area (Å²) in [4.78, 5) is 40.2. The summed E-state index contributed by atoms with van der Waals surface area (Å²) in [5.74, 6) is 0.266. The van der Waals surface area contributed by atoms with Gasteiger partial charge in [-0.3, -0.25) is 9.59 Å². The fourth-order valence-corrected chi connectivity index (χ4v) is 3.87. The zero-order chi connectivity index (χ0) is 23.4. The quantitative estimate of drug-likeness (QED) is 0.620. The van der Waals surface area contributed by atoms with E-state index in [2.05, 4.69) is 20.3 Å². The Morgan fingerprint density at radius 3 is 2.64 bits per heavy atom. The molecule has 33 heavy (non-hydrogen) atoms. The Kier molecular flexibility index (Phi) is 6.58.